The Hall–Kier alpha value is -6.12. The SMILES string of the molecule is c1ccc(-c2cc(-c3ccccc3)cc(-c3cnc4cc(-c5cc(-c6ccccc6)cc(-c6ccccc6)c5)cnc4c3)c2)cc1. The topological polar surface area (TPSA) is 25.8 Å². The van der Waals surface area contributed by atoms with Crippen LogP contribution in [0.15, 0.2) is 182 Å². The van der Waals surface area contributed by atoms with Crippen LogP contribution >= 0.6 is 0 Å². The third-order valence-corrected chi connectivity index (χ3v) is 8.49. The normalized spacial score (nSPS) is 11.0. The first kappa shape index (κ1) is 27.4. The summed E-state index contributed by atoms with van der Waals surface area (Å²) in [4.78, 5) is 9.89. The zero-order valence-electron chi connectivity index (χ0n) is 25.2. The molecule has 0 amide bonds. The average molecular weight is 587 g/mol. The van der Waals surface area contributed by atoms with E-state index in [9.17, 15) is 0 Å². The van der Waals surface area contributed by atoms with Crippen molar-refractivity contribution < 1.29 is 0 Å². The Morgan fingerprint density at radius 3 is 0.717 bits per heavy atom. The monoisotopic (exact) mass is 586 g/mol. The molecule has 2 heterocycles. The van der Waals surface area contributed by atoms with Crippen molar-refractivity contribution in [2.24, 2.45) is 0 Å². The Balaban J connectivity index is 1.21. The van der Waals surface area contributed by atoms with E-state index in [1.54, 1.807) is 0 Å². The molecule has 0 aliphatic heterocycles. The van der Waals surface area contributed by atoms with Gasteiger partial charge < -0.3 is 0 Å². The van der Waals surface area contributed by atoms with Gasteiger partial charge in [0.05, 0.1) is 11.0 Å². The summed E-state index contributed by atoms with van der Waals surface area (Å²) in [5.74, 6) is 0. The highest BCUT2D eigenvalue weighted by Crippen LogP contribution is 2.36. The minimum absolute atomic E-state index is 0.870. The summed E-state index contributed by atoms with van der Waals surface area (Å²) in [5.41, 5.74) is 15.5. The molecule has 0 unspecified atom stereocenters. The van der Waals surface area contributed by atoms with Gasteiger partial charge >= 0.3 is 0 Å². The lowest BCUT2D eigenvalue weighted by molar-refractivity contribution is 1.33. The van der Waals surface area contributed by atoms with Crippen LogP contribution in [0.5, 0.6) is 0 Å². The summed E-state index contributed by atoms with van der Waals surface area (Å²) >= 11 is 0. The van der Waals surface area contributed by atoms with Gasteiger partial charge in [0.15, 0.2) is 0 Å². The van der Waals surface area contributed by atoms with Crippen molar-refractivity contribution in [1.29, 1.82) is 0 Å². The van der Waals surface area contributed by atoms with Crippen molar-refractivity contribution in [3.63, 3.8) is 0 Å². The van der Waals surface area contributed by atoms with Gasteiger partial charge in [0, 0.05) is 23.5 Å². The summed E-state index contributed by atoms with van der Waals surface area (Å²) in [6, 6.07) is 60.0. The lowest BCUT2D eigenvalue weighted by Crippen LogP contribution is -1.91. The van der Waals surface area contributed by atoms with Crippen LogP contribution in [0, 0.1) is 0 Å². The number of pyridine rings is 2. The number of rotatable bonds is 6. The van der Waals surface area contributed by atoms with Gasteiger partial charge in [0.25, 0.3) is 0 Å². The highest BCUT2D eigenvalue weighted by molar-refractivity contribution is 5.88. The molecule has 6 aromatic carbocycles. The van der Waals surface area contributed by atoms with Crippen molar-refractivity contribution in [2.45, 2.75) is 0 Å². The molecule has 0 aliphatic carbocycles. The largest absolute Gasteiger partial charge is 0.254 e. The van der Waals surface area contributed by atoms with Gasteiger partial charge in [0.1, 0.15) is 0 Å². The smallest absolute Gasteiger partial charge is 0.0893 e. The zero-order chi connectivity index (χ0) is 30.7. The molecule has 2 heteroatoms. The molecule has 8 aromatic rings. The molecule has 0 spiro atoms. The second-order valence-electron chi connectivity index (χ2n) is 11.5. The first-order valence-corrected chi connectivity index (χ1v) is 15.6. The molecule has 216 valence electrons. The van der Waals surface area contributed by atoms with Gasteiger partial charge in [-0.25, -0.2) is 0 Å². The molecule has 0 radical (unpaired) electrons. The Bertz CT molecular complexity index is 2000. The molecule has 2 nitrogen and oxygen atoms in total. The summed E-state index contributed by atoms with van der Waals surface area (Å²) in [7, 11) is 0. The Morgan fingerprint density at radius 2 is 0.457 bits per heavy atom. The van der Waals surface area contributed by atoms with Crippen molar-refractivity contribution in [1.82, 2.24) is 9.97 Å². The predicted octanol–water partition coefficient (Wildman–Crippen LogP) is 11.6. The van der Waals surface area contributed by atoms with Crippen LogP contribution in [-0.2, 0) is 0 Å². The average Bonchev–Trinajstić information content (AvgIpc) is 3.15. The van der Waals surface area contributed by atoms with Crippen molar-refractivity contribution in [2.75, 3.05) is 0 Å². The van der Waals surface area contributed by atoms with E-state index in [2.05, 4.69) is 170 Å². The molecule has 0 aliphatic rings. The number of fused-ring (bicyclic) bond motifs is 1. The van der Waals surface area contributed by atoms with E-state index in [0.717, 1.165) is 33.3 Å². The van der Waals surface area contributed by atoms with E-state index in [0.29, 0.717) is 0 Å². The summed E-state index contributed by atoms with van der Waals surface area (Å²) in [6.07, 6.45) is 3.95. The van der Waals surface area contributed by atoms with E-state index in [4.69, 9.17) is 9.97 Å². The van der Waals surface area contributed by atoms with Crippen LogP contribution < -0.4 is 0 Å². The lowest BCUT2D eigenvalue weighted by Gasteiger charge is -2.13. The minimum Gasteiger partial charge on any atom is -0.254 e. The fourth-order valence-corrected chi connectivity index (χ4v) is 6.10. The highest BCUT2D eigenvalue weighted by Gasteiger charge is 2.12. The van der Waals surface area contributed by atoms with Gasteiger partial charge in [-0.2, -0.15) is 0 Å². The van der Waals surface area contributed by atoms with E-state index in [-0.39, 0.29) is 0 Å². The van der Waals surface area contributed by atoms with Gasteiger partial charge in [-0.15, -0.1) is 0 Å². The number of hydrogen-bond donors (Lipinski definition) is 0. The van der Waals surface area contributed by atoms with Crippen molar-refractivity contribution >= 4 is 11.0 Å². The van der Waals surface area contributed by atoms with Crippen LogP contribution in [0.25, 0.3) is 77.8 Å². The maximum absolute atomic E-state index is 4.95. The number of nitrogens with zero attached hydrogens (tertiary/aromatic N) is 2. The molecule has 0 bridgehead atoms. The third kappa shape index (κ3) is 5.60. The molecule has 0 fully saturated rings. The van der Waals surface area contributed by atoms with Crippen LogP contribution in [0.1, 0.15) is 0 Å². The first-order valence-electron chi connectivity index (χ1n) is 15.6. The number of aromatic nitrogens is 2. The second-order valence-corrected chi connectivity index (χ2v) is 11.5. The highest BCUT2D eigenvalue weighted by atomic mass is 14.7. The Kier molecular flexibility index (Phi) is 7.22. The van der Waals surface area contributed by atoms with E-state index >= 15 is 0 Å². The molecule has 2 aromatic heterocycles. The molecular formula is C44H30N2. The number of benzene rings is 6. The van der Waals surface area contributed by atoms with Gasteiger partial charge in [-0.1, -0.05) is 121 Å². The van der Waals surface area contributed by atoms with Crippen LogP contribution in [0.4, 0.5) is 0 Å². The quantitative estimate of drug-likeness (QED) is 0.194. The lowest BCUT2D eigenvalue weighted by atomic mass is 9.93. The van der Waals surface area contributed by atoms with Gasteiger partial charge in [0.2, 0.25) is 0 Å². The van der Waals surface area contributed by atoms with Crippen molar-refractivity contribution in [3.8, 4) is 66.8 Å². The van der Waals surface area contributed by atoms with E-state index < -0.39 is 0 Å². The molecule has 0 saturated carbocycles. The first-order chi connectivity index (χ1) is 22.8. The molecule has 0 saturated heterocycles. The number of hydrogen-bond acceptors (Lipinski definition) is 2. The Morgan fingerprint density at radius 1 is 0.217 bits per heavy atom. The van der Waals surface area contributed by atoms with Crippen molar-refractivity contribution in [3.05, 3.63) is 182 Å². The summed E-state index contributed by atoms with van der Waals surface area (Å²) in [5, 5.41) is 0. The molecule has 8 rings (SSSR count). The fourth-order valence-electron chi connectivity index (χ4n) is 6.10. The van der Waals surface area contributed by atoms with Crippen LogP contribution in [-0.4, -0.2) is 9.97 Å². The standard InChI is InChI=1S/C44H30N2/c1-5-13-31(14-6-1)35-21-36(32-15-7-2-8-16-32)24-39(23-35)41-27-43-44(45-29-41)28-42(30-46-43)40-25-37(33-17-9-3-10-18-33)22-38(26-40)34-19-11-4-12-20-34/h1-30H. The molecule has 46 heavy (non-hydrogen) atoms. The summed E-state index contributed by atoms with van der Waals surface area (Å²) < 4.78 is 0. The maximum atomic E-state index is 4.95. The third-order valence-electron chi connectivity index (χ3n) is 8.49. The van der Waals surface area contributed by atoms with Crippen LogP contribution in [0.3, 0.4) is 0 Å². The Labute approximate surface area is 269 Å². The molecular weight excluding hydrogens is 556 g/mol. The fraction of sp³-hybridized carbons (Fsp3) is 0. The van der Waals surface area contributed by atoms with E-state index in [1.807, 2.05) is 12.4 Å². The predicted molar refractivity (Wildman–Crippen MR) is 192 cm³/mol. The van der Waals surface area contributed by atoms with E-state index in [1.165, 1.54) is 44.5 Å². The second kappa shape index (κ2) is 12.1. The van der Waals surface area contributed by atoms with Gasteiger partial charge in [-0.05, 0) is 104 Å². The van der Waals surface area contributed by atoms with Gasteiger partial charge in [-0.3, -0.25) is 9.97 Å². The maximum Gasteiger partial charge on any atom is 0.0893 e. The summed E-state index contributed by atoms with van der Waals surface area (Å²) in [6.45, 7) is 0. The zero-order valence-corrected chi connectivity index (χ0v) is 25.2. The van der Waals surface area contributed by atoms with Crippen LogP contribution in [0.2, 0.25) is 0 Å². The molecule has 0 N–H and O–H groups in total. The minimum atomic E-state index is 0.870. The molecule has 0 atom stereocenters.